The van der Waals surface area contributed by atoms with E-state index in [1.54, 1.807) is 0 Å². The van der Waals surface area contributed by atoms with Crippen molar-refractivity contribution in [1.29, 1.82) is 0 Å². The fourth-order valence-electron chi connectivity index (χ4n) is 1.39. The summed E-state index contributed by atoms with van der Waals surface area (Å²) in [5.41, 5.74) is 0.125. The van der Waals surface area contributed by atoms with Crippen LogP contribution >= 0.6 is 0 Å². The van der Waals surface area contributed by atoms with Crippen LogP contribution in [-0.4, -0.2) is 21.9 Å². The molecular weight excluding hydrogens is 252 g/mol. The predicted octanol–water partition coefficient (Wildman–Crippen LogP) is 1.89. The lowest BCUT2D eigenvalue weighted by Crippen LogP contribution is -2.29. The van der Waals surface area contributed by atoms with Crippen LogP contribution in [0.2, 0.25) is 0 Å². The Morgan fingerprint density at radius 1 is 1.32 bits per heavy atom. The molecule has 1 aromatic carbocycles. The predicted molar refractivity (Wildman–Crippen MR) is 67.7 cm³/mol. The molecule has 1 amide bonds. The van der Waals surface area contributed by atoms with E-state index in [4.69, 9.17) is 5.11 Å². The summed E-state index contributed by atoms with van der Waals surface area (Å²) in [5.74, 6) is -3.13. The third kappa shape index (κ3) is 3.77. The zero-order chi connectivity index (χ0) is 14.6. The Morgan fingerprint density at radius 3 is 2.47 bits per heavy atom. The van der Waals surface area contributed by atoms with Crippen molar-refractivity contribution in [3.63, 3.8) is 0 Å². The maximum Gasteiger partial charge on any atom is 0.307 e. The van der Waals surface area contributed by atoms with Crippen molar-refractivity contribution >= 4 is 23.3 Å². The molecule has 2 N–H and O–H groups in total. The van der Waals surface area contributed by atoms with E-state index in [9.17, 15) is 19.7 Å². The number of carbonyl (C=O) groups excluding carboxylic acids is 1. The number of aliphatic carboxylic acids is 1. The van der Waals surface area contributed by atoms with E-state index in [-0.39, 0.29) is 11.4 Å². The molecule has 0 aliphatic carbocycles. The van der Waals surface area contributed by atoms with Crippen molar-refractivity contribution in [2.75, 3.05) is 5.32 Å². The quantitative estimate of drug-likeness (QED) is 0.624. The van der Waals surface area contributed by atoms with Crippen LogP contribution in [0.4, 0.5) is 11.4 Å². The molecule has 0 aliphatic rings. The van der Waals surface area contributed by atoms with Gasteiger partial charge in [0.25, 0.3) is 5.69 Å². The Labute approximate surface area is 109 Å². The second kappa shape index (κ2) is 5.94. The summed E-state index contributed by atoms with van der Waals surface area (Å²) in [6.07, 6.45) is 0. The SMILES string of the molecule is CC(C(=O)O)C(C)C(=O)Nc1cccc([N+](=O)[O-])c1. The maximum absolute atomic E-state index is 11.8. The first-order valence-electron chi connectivity index (χ1n) is 5.61. The van der Waals surface area contributed by atoms with Crippen LogP contribution in [0.25, 0.3) is 0 Å². The topological polar surface area (TPSA) is 110 Å². The van der Waals surface area contributed by atoms with Crippen LogP contribution in [0.1, 0.15) is 13.8 Å². The van der Waals surface area contributed by atoms with Gasteiger partial charge in [-0.3, -0.25) is 19.7 Å². The third-order valence-electron chi connectivity index (χ3n) is 2.88. The number of non-ortho nitro benzene ring substituents is 1. The molecule has 102 valence electrons. The zero-order valence-electron chi connectivity index (χ0n) is 10.5. The average Bonchev–Trinajstić information content (AvgIpc) is 2.37. The molecule has 7 nitrogen and oxygen atoms in total. The number of nitro groups is 1. The van der Waals surface area contributed by atoms with Gasteiger partial charge in [-0.15, -0.1) is 0 Å². The first-order chi connectivity index (χ1) is 8.82. The number of hydrogen-bond donors (Lipinski definition) is 2. The van der Waals surface area contributed by atoms with E-state index >= 15 is 0 Å². The molecule has 2 unspecified atom stereocenters. The van der Waals surface area contributed by atoms with Crippen LogP contribution in [0, 0.1) is 22.0 Å². The molecule has 1 rings (SSSR count). The van der Waals surface area contributed by atoms with Gasteiger partial charge in [0.15, 0.2) is 0 Å². The van der Waals surface area contributed by atoms with Crippen molar-refractivity contribution in [3.8, 4) is 0 Å². The monoisotopic (exact) mass is 266 g/mol. The van der Waals surface area contributed by atoms with E-state index in [1.807, 2.05) is 0 Å². The molecule has 0 saturated carbocycles. The summed E-state index contributed by atoms with van der Waals surface area (Å²) in [6, 6.07) is 5.47. The minimum Gasteiger partial charge on any atom is -0.481 e. The first-order valence-corrected chi connectivity index (χ1v) is 5.61. The number of hydrogen-bond acceptors (Lipinski definition) is 4. The fourth-order valence-corrected chi connectivity index (χ4v) is 1.39. The Hall–Kier alpha value is -2.44. The van der Waals surface area contributed by atoms with E-state index in [2.05, 4.69) is 5.32 Å². The van der Waals surface area contributed by atoms with Crippen molar-refractivity contribution in [3.05, 3.63) is 34.4 Å². The van der Waals surface area contributed by atoms with E-state index in [0.29, 0.717) is 0 Å². The van der Waals surface area contributed by atoms with Crippen molar-refractivity contribution in [2.45, 2.75) is 13.8 Å². The number of carboxylic acids is 1. The fraction of sp³-hybridized carbons (Fsp3) is 0.333. The summed E-state index contributed by atoms with van der Waals surface area (Å²) >= 11 is 0. The van der Waals surface area contributed by atoms with Crippen LogP contribution in [-0.2, 0) is 9.59 Å². The number of anilines is 1. The van der Waals surface area contributed by atoms with Crippen LogP contribution < -0.4 is 5.32 Å². The molecule has 2 atom stereocenters. The van der Waals surface area contributed by atoms with E-state index in [1.165, 1.54) is 38.1 Å². The number of nitrogens with one attached hydrogen (secondary N) is 1. The summed E-state index contributed by atoms with van der Waals surface area (Å²) in [7, 11) is 0. The highest BCUT2D eigenvalue weighted by molar-refractivity contribution is 5.94. The largest absolute Gasteiger partial charge is 0.481 e. The molecule has 0 aliphatic heterocycles. The summed E-state index contributed by atoms with van der Waals surface area (Å²) in [6.45, 7) is 2.92. The Bertz CT molecular complexity index is 515. The number of rotatable bonds is 5. The van der Waals surface area contributed by atoms with Gasteiger partial charge in [0.05, 0.1) is 10.8 Å². The third-order valence-corrected chi connectivity index (χ3v) is 2.88. The molecule has 0 spiro atoms. The highest BCUT2D eigenvalue weighted by Gasteiger charge is 2.25. The van der Waals surface area contributed by atoms with E-state index < -0.39 is 28.6 Å². The maximum atomic E-state index is 11.8. The minimum absolute atomic E-state index is 0.142. The lowest BCUT2D eigenvalue weighted by Gasteiger charge is -2.15. The Balaban J connectivity index is 2.79. The smallest absolute Gasteiger partial charge is 0.307 e. The molecular formula is C12H14N2O5. The van der Waals surface area contributed by atoms with Gasteiger partial charge in [0, 0.05) is 23.7 Å². The van der Waals surface area contributed by atoms with E-state index in [0.717, 1.165) is 0 Å². The second-order valence-electron chi connectivity index (χ2n) is 4.21. The zero-order valence-corrected chi connectivity index (χ0v) is 10.5. The van der Waals surface area contributed by atoms with Crippen LogP contribution in [0.5, 0.6) is 0 Å². The van der Waals surface area contributed by atoms with Gasteiger partial charge in [0.1, 0.15) is 0 Å². The van der Waals surface area contributed by atoms with Crippen molar-refractivity contribution < 1.29 is 19.6 Å². The van der Waals surface area contributed by atoms with Crippen LogP contribution in [0.3, 0.4) is 0 Å². The van der Waals surface area contributed by atoms with Crippen molar-refractivity contribution in [1.82, 2.24) is 0 Å². The molecule has 1 aromatic rings. The number of carboxylic acid groups (broad SMARTS) is 1. The summed E-state index contributed by atoms with van der Waals surface area (Å²) in [5, 5.41) is 21.9. The average molecular weight is 266 g/mol. The van der Waals surface area contributed by atoms with Gasteiger partial charge in [-0.1, -0.05) is 19.9 Å². The first kappa shape index (κ1) is 14.6. The molecule has 0 fully saturated rings. The Morgan fingerprint density at radius 2 is 1.95 bits per heavy atom. The molecule has 0 aromatic heterocycles. The van der Waals surface area contributed by atoms with Crippen molar-refractivity contribution in [2.24, 2.45) is 11.8 Å². The lowest BCUT2D eigenvalue weighted by molar-refractivity contribution is -0.384. The molecule has 0 radical (unpaired) electrons. The standard InChI is InChI=1S/C12H14N2O5/c1-7(8(2)12(16)17)11(15)13-9-4-3-5-10(6-9)14(18)19/h3-8H,1-2H3,(H,13,15)(H,16,17). The molecule has 19 heavy (non-hydrogen) atoms. The number of nitro benzene ring substituents is 1. The van der Waals surface area contributed by atoms with Crippen LogP contribution in [0.15, 0.2) is 24.3 Å². The summed E-state index contributed by atoms with van der Waals surface area (Å²) < 4.78 is 0. The Kier molecular flexibility index (Phi) is 4.57. The molecule has 0 heterocycles. The normalized spacial score (nSPS) is 13.4. The molecule has 0 bridgehead atoms. The highest BCUT2D eigenvalue weighted by Crippen LogP contribution is 2.19. The number of nitrogens with zero attached hydrogens (tertiary/aromatic N) is 1. The lowest BCUT2D eigenvalue weighted by atomic mass is 9.95. The number of benzene rings is 1. The second-order valence-corrected chi connectivity index (χ2v) is 4.21. The summed E-state index contributed by atoms with van der Waals surface area (Å²) in [4.78, 5) is 32.6. The molecule has 0 saturated heterocycles. The molecule has 7 heteroatoms. The van der Waals surface area contributed by atoms with Gasteiger partial charge < -0.3 is 10.4 Å². The number of amides is 1. The van der Waals surface area contributed by atoms with Gasteiger partial charge in [-0.2, -0.15) is 0 Å². The van der Waals surface area contributed by atoms with Gasteiger partial charge >= 0.3 is 5.97 Å². The number of carbonyl (C=O) groups is 2. The van der Waals surface area contributed by atoms with Gasteiger partial charge in [-0.05, 0) is 6.07 Å². The minimum atomic E-state index is -1.07. The van der Waals surface area contributed by atoms with Gasteiger partial charge in [0.2, 0.25) is 5.91 Å². The highest BCUT2D eigenvalue weighted by atomic mass is 16.6. The van der Waals surface area contributed by atoms with Gasteiger partial charge in [-0.25, -0.2) is 0 Å².